The number of ether oxygens (including phenoxy) is 4. The van der Waals surface area contributed by atoms with Gasteiger partial charge in [-0.05, 0) is 83.2 Å². The molecule has 3 aliphatic heterocycles. The van der Waals surface area contributed by atoms with Crippen molar-refractivity contribution in [2.24, 2.45) is 16.7 Å². The molecule has 8 atom stereocenters. The lowest BCUT2D eigenvalue weighted by atomic mass is 9.73. The monoisotopic (exact) mass is 815 g/mol. The van der Waals surface area contributed by atoms with Crippen LogP contribution in [0.3, 0.4) is 0 Å². The lowest BCUT2D eigenvalue weighted by Crippen LogP contribution is -2.57. The standard InChI is InChI=1S/C46H78O8Si2/c1-33-23-19-17-20-25-36-31-40(46(12,32-50-55(13,14)44(6,7)8)39(52-36)27-28-49-42(48)43(3,4)5)53-41(47)26-22-18-21-24-35-30-38(34(2)37(29-33)51-35)54-56(15,16)45(9,10)11/h18-23,25-26,29,34-40H,17,24,27-28,30-32H2,1-16H3/b21-18+,23-19+,25-20-,26-22+,33-29+/t34-,35-,36-,37+,38-,39+,40-,46+/m1/s1. The minimum absolute atomic E-state index is 0.00875. The Morgan fingerprint density at radius 2 is 1.55 bits per heavy atom. The second-order valence-corrected chi connectivity index (χ2v) is 30.4. The van der Waals surface area contributed by atoms with Crippen LogP contribution >= 0.6 is 0 Å². The van der Waals surface area contributed by atoms with Gasteiger partial charge in [0.1, 0.15) is 6.10 Å². The zero-order valence-electron chi connectivity index (χ0n) is 38.0. The summed E-state index contributed by atoms with van der Waals surface area (Å²) in [6, 6.07) is 0. The maximum atomic E-state index is 13.6. The van der Waals surface area contributed by atoms with E-state index < -0.39 is 45.6 Å². The predicted molar refractivity (Wildman–Crippen MR) is 234 cm³/mol. The first-order valence-corrected chi connectivity index (χ1v) is 26.8. The molecule has 0 aromatic rings. The van der Waals surface area contributed by atoms with Crippen LogP contribution < -0.4 is 0 Å². The summed E-state index contributed by atoms with van der Waals surface area (Å²) in [7, 11) is -4.19. The quantitative estimate of drug-likeness (QED) is 0.136. The molecule has 0 aromatic carbocycles. The van der Waals surface area contributed by atoms with Gasteiger partial charge in [-0.3, -0.25) is 4.79 Å². The summed E-state index contributed by atoms with van der Waals surface area (Å²) in [4.78, 5) is 26.3. The van der Waals surface area contributed by atoms with E-state index in [4.69, 9.17) is 27.8 Å². The number of esters is 2. The molecule has 4 bridgehead atoms. The molecule has 0 saturated carbocycles. The average molecular weight is 815 g/mol. The fraction of sp³-hybridized carbons (Fsp3) is 0.739. The van der Waals surface area contributed by atoms with Crippen LogP contribution in [0.25, 0.3) is 0 Å². The SMILES string of the molecule is CC1=C\[C@@H]2O[C@H](C/C=C/C=C/C(=O)O[C@@H]3C[C@@H](/C=C\C\C=C\1)O[C@@H](CCOC(=O)C(C)(C)C)[C@]3(C)CO[Si](C)(C)C(C)(C)C)C[C@@H](O[Si](C)(C)C(C)(C)C)[C@@H]2C. The fourth-order valence-corrected chi connectivity index (χ4v) is 9.19. The summed E-state index contributed by atoms with van der Waals surface area (Å²) in [6.45, 7) is 35.2. The van der Waals surface area contributed by atoms with Gasteiger partial charge in [-0.2, -0.15) is 0 Å². The van der Waals surface area contributed by atoms with Gasteiger partial charge < -0.3 is 27.8 Å². The van der Waals surface area contributed by atoms with E-state index in [0.29, 0.717) is 32.3 Å². The molecule has 0 N–H and O–H groups in total. The molecule has 0 spiro atoms. The van der Waals surface area contributed by atoms with E-state index in [9.17, 15) is 9.59 Å². The Hall–Kier alpha value is -2.09. The minimum atomic E-state index is -2.18. The molecular weight excluding hydrogens is 737 g/mol. The van der Waals surface area contributed by atoms with Crippen LogP contribution in [0.4, 0.5) is 0 Å². The van der Waals surface area contributed by atoms with E-state index in [2.05, 4.69) is 125 Å². The van der Waals surface area contributed by atoms with Crippen molar-refractivity contribution >= 4 is 28.6 Å². The second kappa shape index (κ2) is 19.3. The highest BCUT2D eigenvalue weighted by atomic mass is 28.4. The molecule has 56 heavy (non-hydrogen) atoms. The topological polar surface area (TPSA) is 89.5 Å². The smallest absolute Gasteiger partial charge is 0.331 e. The predicted octanol–water partition coefficient (Wildman–Crippen LogP) is 11.2. The molecule has 0 aromatic heterocycles. The largest absolute Gasteiger partial charge is 0.465 e. The van der Waals surface area contributed by atoms with Crippen molar-refractivity contribution < 1.29 is 37.4 Å². The Labute approximate surface area is 343 Å². The van der Waals surface area contributed by atoms with E-state index in [1.807, 2.05) is 26.8 Å². The van der Waals surface area contributed by atoms with Gasteiger partial charge in [0.05, 0.1) is 48.0 Å². The summed E-state index contributed by atoms with van der Waals surface area (Å²) >= 11 is 0. The lowest BCUT2D eigenvalue weighted by molar-refractivity contribution is -0.202. The van der Waals surface area contributed by atoms with Crippen molar-refractivity contribution in [3.63, 3.8) is 0 Å². The normalized spacial score (nSPS) is 33.6. The highest BCUT2D eigenvalue weighted by Crippen LogP contribution is 2.45. The van der Waals surface area contributed by atoms with Crippen LogP contribution in [0.5, 0.6) is 0 Å². The Morgan fingerprint density at radius 3 is 2.18 bits per heavy atom. The van der Waals surface area contributed by atoms with Crippen molar-refractivity contribution in [1.29, 1.82) is 0 Å². The third-order valence-electron chi connectivity index (χ3n) is 12.8. The Kier molecular flexibility index (Phi) is 16.7. The van der Waals surface area contributed by atoms with Crippen molar-refractivity contribution in [3.05, 3.63) is 60.3 Å². The first-order valence-electron chi connectivity index (χ1n) is 21.0. The van der Waals surface area contributed by atoms with Crippen molar-refractivity contribution in [2.75, 3.05) is 13.2 Å². The summed E-state index contributed by atoms with van der Waals surface area (Å²) < 4.78 is 39.5. The average Bonchev–Trinajstić information content (AvgIpc) is 3.05. The summed E-state index contributed by atoms with van der Waals surface area (Å²) in [5, 5.41) is 0.103. The highest BCUT2D eigenvalue weighted by molar-refractivity contribution is 6.74. The van der Waals surface area contributed by atoms with E-state index in [1.165, 1.54) is 6.08 Å². The van der Waals surface area contributed by atoms with E-state index in [1.54, 1.807) is 6.08 Å². The molecule has 3 aliphatic rings. The van der Waals surface area contributed by atoms with Gasteiger partial charge in [-0.15, -0.1) is 0 Å². The molecule has 2 saturated heterocycles. The van der Waals surface area contributed by atoms with Gasteiger partial charge in [0.15, 0.2) is 16.6 Å². The third kappa shape index (κ3) is 13.5. The van der Waals surface area contributed by atoms with Gasteiger partial charge in [-0.25, -0.2) is 4.79 Å². The van der Waals surface area contributed by atoms with Crippen molar-refractivity contribution in [3.8, 4) is 0 Å². The fourth-order valence-electron chi connectivity index (χ4n) is 6.67. The molecule has 8 nitrogen and oxygen atoms in total. The molecule has 318 valence electrons. The molecule has 0 amide bonds. The molecular formula is C46H78O8Si2. The lowest BCUT2D eigenvalue weighted by Gasteiger charge is -2.50. The number of fused-ring (bicyclic) bond motifs is 4. The second-order valence-electron chi connectivity index (χ2n) is 20.8. The number of hydrogen-bond acceptors (Lipinski definition) is 8. The first-order chi connectivity index (χ1) is 25.7. The summed E-state index contributed by atoms with van der Waals surface area (Å²) in [6.07, 6.45) is 20.0. The van der Waals surface area contributed by atoms with Gasteiger partial charge in [0, 0.05) is 31.4 Å². The van der Waals surface area contributed by atoms with Crippen LogP contribution in [0.15, 0.2) is 60.3 Å². The zero-order chi connectivity index (χ0) is 42.3. The number of rotatable bonds is 8. The molecule has 10 heteroatoms. The van der Waals surface area contributed by atoms with Crippen LogP contribution in [-0.4, -0.2) is 78.4 Å². The molecule has 3 heterocycles. The molecule has 0 aliphatic carbocycles. The van der Waals surface area contributed by atoms with Crippen LogP contribution in [-0.2, 0) is 37.4 Å². The Bertz CT molecular complexity index is 1470. The zero-order valence-corrected chi connectivity index (χ0v) is 40.0. The van der Waals surface area contributed by atoms with Gasteiger partial charge in [-0.1, -0.05) is 110 Å². The Balaban J connectivity index is 1.96. The third-order valence-corrected chi connectivity index (χ3v) is 21.8. The Morgan fingerprint density at radius 1 is 0.893 bits per heavy atom. The van der Waals surface area contributed by atoms with Gasteiger partial charge in [0.25, 0.3) is 0 Å². The summed E-state index contributed by atoms with van der Waals surface area (Å²) in [5.74, 6) is -0.464. The number of carbonyl (C=O) groups excluding carboxylic acids is 2. The molecule has 3 rings (SSSR count). The summed E-state index contributed by atoms with van der Waals surface area (Å²) in [5.41, 5.74) is -0.156. The number of carbonyl (C=O) groups is 2. The van der Waals surface area contributed by atoms with Crippen LogP contribution in [0.2, 0.25) is 36.3 Å². The number of hydrogen-bond donors (Lipinski definition) is 0. The van der Waals surface area contributed by atoms with E-state index >= 15 is 0 Å². The first kappa shape index (κ1) is 48.3. The maximum Gasteiger partial charge on any atom is 0.331 e. The van der Waals surface area contributed by atoms with E-state index in [-0.39, 0.29) is 53.0 Å². The minimum Gasteiger partial charge on any atom is -0.465 e. The van der Waals surface area contributed by atoms with Crippen molar-refractivity contribution in [2.45, 2.75) is 188 Å². The number of allylic oxidation sites excluding steroid dienone is 6. The molecule has 2 fully saturated rings. The highest BCUT2D eigenvalue weighted by Gasteiger charge is 2.52. The van der Waals surface area contributed by atoms with Gasteiger partial charge >= 0.3 is 11.9 Å². The van der Waals surface area contributed by atoms with Crippen molar-refractivity contribution in [1.82, 2.24) is 0 Å². The molecule has 0 radical (unpaired) electrons. The van der Waals surface area contributed by atoms with Crippen LogP contribution in [0, 0.1) is 16.7 Å². The van der Waals surface area contributed by atoms with Crippen LogP contribution in [0.1, 0.15) is 115 Å². The molecule has 0 unspecified atom stereocenters. The maximum absolute atomic E-state index is 13.6. The van der Waals surface area contributed by atoms with E-state index in [0.717, 1.165) is 12.0 Å². The van der Waals surface area contributed by atoms with Gasteiger partial charge in [0.2, 0.25) is 0 Å².